The number of halogens is 1. The van der Waals surface area contributed by atoms with Gasteiger partial charge in [0.15, 0.2) is 5.65 Å². The molecule has 2 amide bonds. The summed E-state index contributed by atoms with van der Waals surface area (Å²) in [6, 6.07) is 3.51. The first kappa shape index (κ1) is 20.6. The Morgan fingerprint density at radius 2 is 1.82 bits per heavy atom. The lowest BCUT2D eigenvalue weighted by molar-refractivity contribution is -0.0354. The maximum Gasteiger partial charge on any atom is 0.429 e. The number of aryl methyl sites for hydroxylation is 1. The summed E-state index contributed by atoms with van der Waals surface area (Å²) in [6.07, 6.45) is 2.79. The maximum absolute atomic E-state index is 13.3. The molecule has 0 bridgehead atoms. The van der Waals surface area contributed by atoms with E-state index < -0.39 is 11.7 Å². The zero-order valence-electron chi connectivity index (χ0n) is 16.7. The third-order valence-electron chi connectivity index (χ3n) is 4.42. The van der Waals surface area contributed by atoms with E-state index in [1.807, 2.05) is 27.7 Å². The number of amides is 2. The number of hydrogen-bond donors (Lipinski definition) is 0. The highest BCUT2D eigenvalue weighted by molar-refractivity contribution is 9.10. The van der Waals surface area contributed by atoms with Crippen LogP contribution >= 0.6 is 15.9 Å². The van der Waals surface area contributed by atoms with Crippen molar-refractivity contribution in [2.45, 2.75) is 59.0 Å². The lowest BCUT2D eigenvalue weighted by Gasteiger charge is -2.34. The molecule has 2 aromatic rings. The van der Waals surface area contributed by atoms with Crippen LogP contribution in [0.25, 0.3) is 5.65 Å². The first-order chi connectivity index (χ1) is 13.2. The topological polar surface area (TPSA) is 80.0 Å². The van der Waals surface area contributed by atoms with Crippen molar-refractivity contribution < 1.29 is 14.3 Å². The molecule has 3 heterocycles. The summed E-state index contributed by atoms with van der Waals surface area (Å²) < 4.78 is 7.89. The van der Waals surface area contributed by atoms with Gasteiger partial charge in [-0.25, -0.2) is 24.3 Å². The van der Waals surface area contributed by atoms with E-state index >= 15 is 0 Å². The molecule has 0 N–H and O–H groups in total. The SMILES string of the molecule is CCc1cc(C(=O)N2CCCCCN2C(=O)OC(C)(C)C)nc2cc(Br)nn12. The largest absolute Gasteiger partial charge is 0.442 e. The third kappa shape index (κ3) is 4.45. The molecular formula is C19H26BrN5O3. The molecule has 1 aliphatic rings. The Kier molecular flexibility index (Phi) is 5.92. The molecule has 0 unspecified atom stereocenters. The van der Waals surface area contributed by atoms with E-state index in [4.69, 9.17) is 4.74 Å². The highest BCUT2D eigenvalue weighted by Gasteiger charge is 2.32. The molecule has 0 radical (unpaired) electrons. The summed E-state index contributed by atoms with van der Waals surface area (Å²) in [5.41, 5.74) is 1.13. The minimum atomic E-state index is -0.630. The Morgan fingerprint density at radius 3 is 2.46 bits per heavy atom. The quantitative estimate of drug-likeness (QED) is 0.692. The predicted octanol–water partition coefficient (Wildman–Crippen LogP) is 3.83. The Hall–Kier alpha value is -2.16. The summed E-state index contributed by atoms with van der Waals surface area (Å²) in [5, 5.41) is 7.25. The first-order valence-electron chi connectivity index (χ1n) is 9.57. The van der Waals surface area contributed by atoms with Gasteiger partial charge in [-0.1, -0.05) is 6.92 Å². The second-order valence-corrected chi connectivity index (χ2v) is 8.63. The van der Waals surface area contributed by atoms with Crippen molar-refractivity contribution in [3.8, 4) is 0 Å². The molecular weight excluding hydrogens is 426 g/mol. The van der Waals surface area contributed by atoms with Crippen molar-refractivity contribution in [3.63, 3.8) is 0 Å². The maximum atomic E-state index is 13.3. The molecule has 3 rings (SSSR count). The van der Waals surface area contributed by atoms with Gasteiger partial charge in [0.2, 0.25) is 0 Å². The fraction of sp³-hybridized carbons (Fsp3) is 0.579. The Bertz CT molecular complexity index is 890. The van der Waals surface area contributed by atoms with Crippen LogP contribution in [0.1, 0.15) is 63.1 Å². The average molecular weight is 452 g/mol. The van der Waals surface area contributed by atoms with E-state index in [1.54, 1.807) is 16.6 Å². The van der Waals surface area contributed by atoms with Gasteiger partial charge in [0.25, 0.3) is 5.91 Å². The van der Waals surface area contributed by atoms with Crippen LogP contribution in [0.5, 0.6) is 0 Å². The number of rotatable bonds is 2. The number of ether oxygens (including phenoxy) is 1. The molecule has 2 aromatic heterocycles. The van der Waals surface area contributed by atoms with Crippen LogP contribution in [0.4, 0.5) is 4.79 Å². The van der Waals surface area contributed by atoms with Crippen LogP contribution in [-0.2, 0) is 11.2 Å². The van der Waals surface area contributed by atoms with Crippen LogP contribution in [0.15, 0.2) is 16.7 Å². The fourth-order valence-electron chi connectivity index (χ4n) is 3.16. The number of carbonyl (C=O) groups is 2. The Balaban J connectivity index is 1.95. The van der Waals surface area contributed by atoms with Crippen molar-refractivity contribution in [3.05, 3.63) is 28.1 Å². The van der Waals surface area contributed by atoms with Gasteiger partial charge in [0, 0.05) is 24.8 Å². The van der Waals surface area contributed by atoms with Crippen LogP contribution in [-0.4, -0.2) is 55.3 Å². The lowest BCUT2D eigenvalue weighted by atomic mass is 10.2. The van der Waals surface area contributed by atoms with Gasteiger partial charge in [-0.3, -0.25) is 4.79 Å². The number of fused-ring (bicyclic) bond motifs is 1. The minimum Gasteiger partial charge on any atom is -0.442 e. The highest BCUT2D eigenvalue weighted by Crippen LogP contribution is 2.20. The average Bonchev–Trinajstić information content (AvgIpc) is 2.83. The second kappa shape index (κ2) is 8.06. The number of nitrogens with zero attached hydrogens (tertiary/aromatic N) is 5. The molecule has 0 aliphatic carbocycles. The van der Waals surface area contributed by atoms with Crippen LogP contribution < -0.4 is 0 Å². The van der Waals surface area contributed by atoms with Crippen LogP contribution in [0.3, 0.4) is 0 Å². The summed E-state index contributed by atoms with van der Waals surface area (Å²) in [7, 11) is 0. The zero-order valence-corrected chi connectivity index (χ0v) is 18.3. The smallest absolute Gasteiger partial charge is 0.429 e. The van der Waals surface area contributed by atoms with Gasteiger partial charge in [-0.15, -0.1) is 0 Å². The van der Waals surface area contributed by atoms with E-state index in [1.165, 1.54) is 10.0 Å². The van der Waals surface area contributed by atoms with Crippen molar-refractivity contribution in [1.82, 2.24) is 24.6 Å². The predicted molar refractivity (Wildman–Crippen MR) is 108 cm³/mol. The summed E-state index contributed by atoms with van der Waals surface area (Å²) in [4.78, 5) is 30.5. The van der Waals surface area contributed by atoms with E-state index in [9.17, 15) is 9.59 Å². The van der Waals surface area contributed by atoms with Gasteiger partial charge >= 0.3 is 6.09 Å². The number of carbonyl (C=O) groups excluding carboxylic acids is 2. The molecule has 8 nitrogen and oxygen atoms in total. The van der Waals surface area contributed by atoms with Gasteiger partial charge in [0.1, 0.15) is 15.9 Å². The van der Waals surface area contributed by atoms with Gasteiger partial charge < -0.3 is 4.74 Å². The molecule has 1 saturated heterocycles. The van der Waals surface area contributed by atoms with Gasteiger partial charge in [-0.2, -0.15) is 5.10 Å². The normalized spacial score (nSPS) is 15.6. The van der Waals surface area contributed by atoms with E-state index in [0.29, 0.717) is 35.5 Å². The molecule has 152 valence electrons. The Morgan fingerprint density at radius 1 is 1.14 bits per heavy atom. The third-order valence-corrected chi connectivity index (χ3v) is 4.81. The van der Waals surface area contributed by atoms with Crippen LogP contribution in [0, 0.1) is 0 Å². The first-order valence-corrected chi connectivity index (χ1v) is 10.4. The number of aromatic nitrogens is 3. The summed E-state index contributed by atoms with van der Waals surface area (Å²) >= 11 is 3.36. The molecule has 1 fully saturated rings. The fourth-order valence-corrected chi connectivity index (χ4v) is 3.52. The lowest BCUT2D eigenvalue weighted by Crippen LogP contribution is -2.51. The second-order valence-electron chi connectivity index (χ2n) is 7.82. The monoisotopic (exact) mass is 451 g/mol. The molecule has 0 saturated carbocycles. The van der Waals surface area contributed by atoms with Crippen molar-refractivity contribution in [2.75, 3.05) is 13.1 Å². The minimum absolute atomic E-state index is 0.298. The van der Waals surface area contributed by atoms with E-state index in [-0.39, 0.29) is 5.91 Å². The molecule has 0 aromatic carbocycles. The van der Waals surface area contributed by atoms with Crippen LogP contribution in [0.2, 0.25) is 0 Å². The molecule has 0 atom stereocenters. The van der Waals surface area contributed by atoms with E-state index in [0.717, 1.165) is 25.0 Å². The summed E-state index contributed by atoms with van der Waals surface area (Å²) in [6.45, 7) is 8.34. The van der Waals surface area contributed by atoms with Crippen molar-refractivity contribution in [2.24, 2.45) is 0 Å². The standard InChI is InChI=1S/C19H26BrN5O3/c1-5-13-11-14(21-16-12-15(20)22-25(13)16)17(26)23-9-7-6-8-10-24(23)18(27)28-19(2,3)4/h11-12H,5-10H2,1-4H3. The number of hydrogen-bond acceptors (Lipinski definition) is 5. The Labute approximate surface area is 172 Å². The molecule has 9 heteroatoms. The van der Waals surface area contributed by atoms with Crippen molar-refractivity contribution >= 4 is 33.6 Å². The van der Waals surface area contributed by atoms with Crippen molar-refractivity contribution in [1.29, 1.82) is 0 Å². The zero-order chi connectivity index (χ0) is 20.5. The van der Waals surface area contributed by atoms with E-state index in [2.05, 4.69) is 26.0 Å². The van der Waals surface area contributed by atoms with Gasteiger partial charge in [-0.05, 0) is 68.5 Å². The molecule has 1 aliphatic heterocycles. The highest BCUT2D eigenvalue weighted by atomic mass is 79.9. The summed E-state index contributed by atoms with van der Waals surface area (Å²) in [5.74, 6) is -0.303. The number of hydrazine groups is 1. The van der Waals surface area contributed by atoms with Gasteiger partial charge in [0.05, 0.1) is 0 Å². The molecule has 28 heavy (non-hydrogen) atoms. The molecule has 0 spiro atoms.